The number of para-hydroxylation sites is 1. The number of hydrogen-bond donors (Lipinski definition) is 3. The predicted octanol–water partition coefficient (Wildman–Crippen LogP) is 1.31. The van der Waals surface area contributed by atoms with Crippen molar-refractivity contribution in [2.75, 3.05) is 0 Å². The van der Waals surface area contributed by atoms with E-state index in [1.54, 1.807) is 12.1 Å². The number of phenolic OH excluding ortho intramolecular Hbond substituents is 1. The second-order valence-electron chi connectivity index (χ2n) is 5.68. The highest BCUT2D eigenvalue weighted by Gasteiger charge is 2.38. The molecule has 1 aliphatic rings. The minimum atomic E-state index is -1.07. The van der Waals surface area contributed by atoms with Crippen molar-refractivity contribution in [2.45, 2.75) is 13.0 Å². The Morgan fingerprint density at radius 2 is 1.89 bits per heavy atom. The molecule has 10 heteroatoms. The third-order valence-corrected chi connectivity index (χ3v) is 3.83. The van der Waals surface area contributed by atoms with E-state index in [4.69, 9.17) is 5.21 Å². The number of hydrazone groups is 1. The Bertz CT molecular complexity index is 939. The number of azo groups is 1. The van der Waals surface area contributed by atoms with Gasteiger partial charge in [-0.3, -0.25) is 9.59 Å². The van der Waals surface area contributed by atoms with E-state index >= 15 is 0 Å². The molecule has 0 bridgehead atoms. The lowest BCUT2D eigenvalue weighted by Crippen LogP contribution is -2.99. The molecule has 138 valence electrons. The summed E-state index contributed by atoms with van der Waals surface area (Å²) in [7, 11) is 0. The molecule has 0 saturated heterocycles. The first kappa shape index (κ1) is 18.3. The third-order valence-electron chi connectivity index (χ3n) is 3.83. The average Bonchev–Trinajstić information content (AvgIpc) is 2.94. The number of aromatic hydroxyl groups is 1. The lowest BCUT2D eigenvalue weighted by atomic mass is 10.1. The fourth-order valence-electron chi connectivity index (χ4n) is 2.40. The normalized spacial score (nSPS) is 18.0. The Hall–Kier alpha value is -3.47. The number of hydrogen-bond acceptors (Lipinski definition) is 8. The molecule has 10 nitrogen and oxygen atoms in total. The number of nitrogens with one attached hydrogen (secondary N) is 1. The minimum absolute atomic E-state index is 0.0516. The lowest BCUT2D eigenvalue weighted by Gasteiger charge is -2.11. The first-order valence-corrected chi connectivity index (χ1v) is 7.84. The van der Waals surface area contributed by atoms with Crippen molar-refractivity contribution in [1.29, 1.82) is 0 Å². The zero-order valence-electron chi connectivity index (χ0n) is 14.1. The predicted molar refractivity (Wildman–Crippen MR) is 92.9 cm³/mol. The third kappa shape index (κ3) is 3.72. The number of imide groups is 1. The molecule has 1 aliphatic heterocycles. The molecular formula is C17H15N5O5. The maximum absolute atomic E-state index is 12.5. The zero-order chi connectivity index (χ0) is 19.6. The highest BCUT2D eigenvalue weighted by molar-refractivity contribution is 6.18. The zero-order valence-corrected chi connectivity index (χ0v) is 14.1. The number of amides is 2. The van der Waals surface area contributed by atoms with Gasteiger partial charge in [0.25, 0.3) is 11.8 Å². The Kier molecular flexibility index (Phi) is 5.03. The van der Waals surface area contributed by atoms with Crippen LogP contribution in [0.3, 0.4) is 0 Å². The molecule has 27 heavy (non-hydrogen) atoms. The molecule has 2 amide bonds. The first-order chi connectivity index (χ1) is 12.9. The summed E-state index contributed by atoms with van der Waals surface area (Å²) in [6.07, 6.45) is 0. The molecule has 1 heterocycles. The van der Waals surface area contributed by atoms with Crippen molar-refractivity contribution in [2.24, 2.45) is 15.3 Å². The molecule has 0 saturated carbocycles. The number of nitrogens with zero attached hydrogens (tertiary/aromatic N) is 4. The SMILES string of the molecule is CC1=NN(C(=O)c2ccccc2O)C(=O)[C@H]1N=Nc1ccc([NH+]([O-])O)cc1. The fourth-order valence-corrected chi connectivity index (χ4v) is 2.40. The van der Waals surface area contributed by atoms with Gasteiger partial charge in [0.1, 0.15) is 5.75 Å². The van der Waals surface area contributed by atoms with Gasteiger partial charge in [0.2, 0.25) is 0 Å². The number of rotatable bonds is 4. The molecule has 0 spiro atoms. The number of benzene rings is 2. The Balaban J connectivity index is 1.77. The molecule has 3 rings (SSSR count). The van der Waals surface area contributed by atoms with Gasteiger partial charge >= 0.3 is 0 Å². The highest BCUT2D eigenvalue weighted by Crippen LogP contribution is 2.23. The first-order valence-electron chi connectivity index (χ1n) is 7.84. The smallest absolute Gasteiger partial charge is 0.285 e. The van der Waals surface area contributed by atoms with E-state index in [2.05, 4.69) is 15.3 Å². The average molecular weight is 369 g/mol. The summed E-state index contributed by atoms with van der Waals surface area (Å²) >= 11 is 0. The topological polar surface area (TPSA) is 142 Å². The van der Waals surface area contributed by atoms with E-state index in [0.29, 0.717) is 10.7 Å². The number of phenols is 1. The van der Waals surface area contributed by atoms with Crippen LogP contribution in [0.2, 0.25) is 0 Å². The molecule has 2 aromatic rings. The molecular weight excluding hydrogens is 354 g/mol. The van der Waals surface area contributed by atoms with Gasteiger partial charge in [-0.2, -0.15) is 25.6 Å². The Morgan fingerprint density at radius 3 is 2.52 bits per heavy atom. The molecule has 0 radical (unpaired) electrons. The molecule has 0 aromatic heterocycles. The van der Waals surface area contributed by atoms with Crippen LogP contribution in [0.25, 0.3) is 0 Å². The standard InChI is InChI=1S/C17H15N5O5/c1-10-15(19-18-11-6-8-12(9-7-11)22(26)27)17(25)21(20-10)16(24)13-4-2-3-5-14(13)23/h2-9,15,22-23,26H,1H3/t15-/m0/s1. The van der Waals surface area contributed by atoms with E-state index in [1.807, 2.05) is 0 Å². The summed E-state index contributed by atoms with van der Waals surface area (Å²) in [4.78, 5) is 24.9. The monoisotopic (exact) mass is 369 g/mol. The minimum Gasteiger partial charge on any atom is -0.595 e. The van der Waals surface area contributed by atoms with Crippen LogP contribution in [-0.2, 0) is 4.79 Å². The molecule has 0 aliphatic carbocycles. The van der Waals surface area contributed by atoms with Crippen molar-refractivity contribution >= 4 is 28.9 Å². The summed E-state index contributed by atoms with van der Waals surface area (Å²) < 4.78 is 0. The van der Waals surface area contributed by atoms with Gasteiger partial charge in [0, 0.05) is 12.1 Å². The van der Waals surface area contributed by atoms with Crippen LogP contribution in [0.15, 0.2) is 63.9 Å². The van der Waals surface area contributed by atoms with Crippen molar-refractivity contribution < 1.29 is 25.1 Å². The summed E-state index contributed by atoms with van der Waals surface area (Å²) in [5, 5.41) is 40.8. The van der Waals surface area contributed by atoms with E-state index in [-0.39, 0.29) is 22.7 Å². The second-order valence-corrected chi connectivity index (χ2v) is 5.68. The van der Waals surface area contributed by atoms with Gasteiger partial charge < -0.3 is 10.3 Å². The summed E-state index contributed by atoms with van der Waals surface area (Å²) in [6, 6.07) is 10.4. The van der Waals surface area contributed by atoms with Crippen LogP contribution < -0.4 is 5.23 Å². The quantitative estimate of drug-likeness (QED) is 0.423. The van der Waals surface area contributed by atoms with E-state index in [9.17, 15) is 19.9 Å². The van der Waals surface area contributed by atoms with Gasteiger partial charge in [0.15, 0.2) is 11.7 Å². The molecule has 2 aromatic carbocycles. The van der Waals surface area contributed by atoms with Crippen molar-refractivity contribution in [1.82, 2.24) is 5.01 Å². The van der Waals surface area contributed by atoms with Crippen molar-refractivity contribution in [3.05, 3.63) is 59.3 Å². The van der Waals surface area contributed by atoms with E-state index in [0.717, 1.165) is 0 Å². The van der Waals surface area contributed by atoms with Gasteiger partial charge in [-0.05, 0) is 31.2 Å². The number of carbonyl (C=O) groups excluding carboxylic acids is 2. The van der Waals surface area contributed by atoms with Gasteiger partial charge in [-0.15, -0.1) is 0 Å². The van der Waals surface area contributed by atoms with Crippen molar-refractivity contribution in [3.8, 4) is 5.75 Å². The Labute approximate surface area is 153 Å². The van der Waals surface area contributed by atoms with E-state index in [1.165, 1.54) is 43.3 Å². The maximum atomic E-state index is 12.5. The van der Waals surface area contributed by atoms with Crippen LogP contribution in [0.5, 0.6) is 5.75 Å². The maximum Gasteiger partial charge on any atom is 0.285 e. The van der Waals surface area contributed by atoms with Crippen molar-refractivity contribution in [3.63, 3.8) is 0 Å². The fraction of sp³-hybridized carbons (Fsp3) is 0.118. The molecule has 1 unspecified atom stereocenters. The van der Waals surface area contributed by atoms with Crippen LogP contribution in [0.1, 0.15) is 17.3 Å². The second kappa shape index (κ2) is 7.41. The van der Waals surface area contributed by atoms with Gasteiger partial charge in [0.05, 0.1) is 17.0 Å². The molecule has 0 fully saturated rings. The largest absolute Gasteiger partial charge is 0.595 e. The van der Waals surface area contributed by atoms with Gasteiger partial charge in [-0.25, -0.2) is 5.21 Å². The molecule has 3 N–H and O–H groups in total. The number of carbonyl (C=O) groups is 2. The van der Waals surface area contributed by atoms with Crippen LogP contribution >= 0.6 is 0 Å². The number of quaternary nitrogens is 1. The van der Waals surface area contributed by atoms with Gasteiger partial charge in [-0.1, -0.05) is 12.1 Å². The summed E-state index contributed by atoms with van der Waals surface area (Å²) in [6.45, 7) is 1.53. The highest BCUT2D eigenvalue weighted by atomic mass is 16.8. The molecule has 2 atom stereocenters. The van der Waals surface area contributed by atoms with Crippen LogP contribution in [-0.4, -0.2) is 38.9 Å². The summed E-state index contributed by atoms with van der Waals surface area (Å²) in [5.41, 5.74) is 0.674. The summed E-state index contributed by atoms with van der Waals surface area (Å²) in [5.74, 6) is -1.71. The van der Waals surface area contributed by atoms with E-state index < -0.39 is 23.1 Å². The van der Waals surface area contributed by atoms with Crippen LogP contribution in [0, 0.1) is 5.21 Å². The van der Waals surface area contributed by atoms with Crippen LogP contribution in [0.4, 0.5) is 11.4 Å². The lowest BCUT2D eigenvalue weighted by molar-refractivity contribution is -0.991. The Morgan fingerprint density at radius 1 is 1.22 bits per heavy atom.